The van der Waals surface area contributed by atoms with E-state index in [1.54, 1.807) is 6.92 Å². The van der Waals surface area contributed by atoms with Gasteiger partial charge in [0.25, 0.3) is 0 Å². The van der Waals surface area contributed by atoms with Crippen LogP contribution in [0.5, 0.6) is 11.5 Å². The van der Waals surface area contributed by atoms with Gasteiger partial charge >= 0.3 is 12.0 Å². The van der Waals surface area contributed by atoms with E-state index >= 15 is 0 Å². The van der Waals surface area contributed by atoms with Crippen molar-refractivity contribution in [1.82, 2.24) is 10.6 Å². The summed E-state index contributed by atoms with van der Waals surface area (Å²) in [6, 6.07) is 14.5. The number of hydrogen-bond acceptors (Lipinski definition) is 4. The van der Waals surface area contributed by atoms with Gasteiger partial charge in [0, 0.05) is 5.70 Å². The van der Waals surface area contributed by atoms with Gasteiger partial charge < -0.3 is 20.1 Å². The van der Waals surface area contributed by atoms with Crippen molar-refractivity contribution >= 4 is 12.0 Å². The first-order chi connectivity index (χ1) is 14.7. The number of nitrogens with one attached hydrogen (secondary N) is 2. The molecule has 1 aliphatic heterocycles. The van der Waals surface area contributed by atoms with Crippen molar-refractivity contribution in [3.8, 4) is 11.5 Å². The van der Waals surface area contributed by atoms with Crippen LogP contribution in [0.25, 0.3) is 0 Å². The number of urea groups is 1. The van der Waals surface area contributed by atoms with Crippen molar-refractivity contribution in [2.45, 2.75) is 52.5 Å². The van der Waals surface area contributed by atoms with Gasteiger partial charge in [-0.05, 0) is 54.2 Å². The Kier molecular flexibility index (Phi) is 6.68. The number of esters is 1. The molecule has 0 radical (unpaired) electrons. The second-order valence-corrected chi connectivity index (χ2v) is 8.44. The monoisotopic (exact) mass is 422 g/mol. The third-order valence-electron chi connectivity index (χ3n) is 5.17. The molecule has 0 saturated carbocycles. The molecule has 2 aromatic rings. The number of carbonyl (C=O) groups excluding carboxylic acids is 2. The highest BCUT2D eigenvalue weighted by atomic mass is 16.5. The molecule has 6 heteroatoms. The van der Waals surface area contributed by atoms with Crippen LogP contribution in [0.2, 0.25) is 0 Å². The highest BCUT2D eigenvalue weighted by Gasteiger charge is 2.33. The molecule has 164 valence electrons. The van der Waals surface area contributed by atoms with E-state index in [4.69, 9.17) is 9.47 Å². The Labute approximate surface area is 183 Å². The summed E-state index contributed by atoms with van der Waals surface area (Å²) in [5.41, 5.74) is 3.10. The molecule has 0 saturated heterocycles. The fraction of sp³-hybridized carbons (Fsp3) is 0.360. The van der Waals surface area contributed by atoms with Crippen molar-refractivity contribution in [2.75, 3.05) is 6.61 Å². The van der Waals surface area contributed by atoms with Gasteiger partial charge in [-0.1, -0.05) is 52.0 Å². The Balaban J connectivity index is 1.82. The average Bonchev–Trinajstić information content (AvgIpc) is 2.73. The van der Waals surface area contributed by atoms with Crippen LogP contribution in [0.4, 0.5) is 4.79 Å². The van der Waals surface area contributed by atoms with E-state index in [0.717, 1.165) is 11.3 Å². The summed E-state index contributed by atoms with van der Waals surface area (Å²) in [6.45, 7) is 10.4. The summed E-state index contributed by atoms with van der Waals surface area (Å²) in [5.74, 6) is 0.984. The highest BCUT2D eigenvalue weighted by Crippen LogP contribution is 2.31. The van der Waals surface area contributed by atoms with Gasteiger partial charge in [0.15, 0.2) is 0 Å². The largest absolute Gasteiger partial charge is 0.463 e. The molecule has 1 unspecified atom stereocenters. The molecule has 2 amide bonds. The quantitative estimate of drug-likeness (QED) is 0.615. The summed E-state index contributed by atoms with van der Waals surface area (Å²) < 4.78 is 11.2. The van der Waals surface area contributed by atoms with Crippen LogP contribution in [0.3, 0.4) is 0 Å². The molecule has 0 aromatic heterocycles. The molecule has 0 bridgehead atoms. The minimum absolute atomic E-state index is 0.0843. The van der Waals surface area contributed by atoms with E-state index < -0.39 is 12.0 Å². The Morgan fingerprint density at radius 3 is 2.06 bits per heavy atom. The lowest BCUT2D eigenvalue weighted by Crippen LogP contribution is -2.45. The van der Waals surface area contributed by atoms with E-state index in [1.165, 1.54) is 5.56 Å². The highest BCUT2D eigenvalue weighted by molar-refractivity contribution is 5.95. The summed E-state index contributed by atoms with van der Waals surface area (Å²) in [7, 11) is 0. The lowest BCUT2D eigenvalue weighted by atomic mass is 9.87. The molecule has 1 aliphatic rings. The molecule has 1 atom stereocenters. The van der Waals surface area contributed by atoms with Crippen LogP contribution in [-0.2, 0) is 14.9 Å². The molecular formula is C25H30N2O4. The standard InChI is InChI=1S/C25H30N2O4/c1-6-20-21(23(28)30-7-2)22(27-24(29)26-20)16-8-12-18(13-9-16)31-19-14-10-17(11-15-19)25(3,4)5/h8-15,22H,6-7H2,1-5H3,(H2,26,27,29). The van der Waals surface area contributed by atoms with Crippen LogP contribution in [-0.4, -0.2) is 18.6 Å². The van der Waals surface area contributed by atoms with Crippen LogP contribution in [0.15, 0.2) is 59.8 Å². The minimum Gasteiger partial charge on any atom is -0.463 e. The average molecular weight is 423 g/mol. The van der Waals surface area contributed by atoms with Gasteiger partial charge in [-0.3, -0.25) is 0 Å². The van der Waals surface area contributed by atoms with Crippen LogP contribution in [0, 0.1) is 0 Å². The van der Waals surface area contributed by atoms with E-state index in [9.17, 15) is 9.59 Å². The zero-order valence-electron chi connectivity index (χ0n) is 18.7. The van der Waals surface area contributed by atoms with Crippen LogP contribution >= 0.6 is 0 Å². The molecule has 0 aliphatic carbocycles. The fourth-order valence-electron chi connectivity index (χ4n) is 3.48. The van der Waals surface area contributed by atoms with Gasteiger partial charge in [-0.25, -0.2) is 9.59 Å². The van der Waals surface area contributed by atoms with Crippen molar-refractivity contribution < 1.29 is 19.1 Å². The smallest absolute Gasteiger partial charge is 0.338 e. The van der Waals surface area contributed by atoms with Gasteiger partial charge in [0.05, 0.1) is 18.2 Å². The first-order valence-electron chi connectivity index (χ1n) is 10.6. The van der Waals surface area contributed by atoms with Crippen LogP contribution < -0.4 is 15.4 Å². The molecule has 0 fully saturated rings. The maximum Gasteiger partial charge on any atom is 0.338 e. The molecule has 3 rings (SSSR count). The molecule has 0 spiro atoms. The number of rotatable bonds is 6. The lowest BCUT2D eigenvalue weighted by Gasteiger charge is -2.29. The number of benzene rings is 2. The topological polar surface area (TPSA) is 76.7 Å². The van der Waals surface area contributed by atoms with Gasteiger partial charge in [-0.15, -0.1) is 0 Å². The van der Waals surface area contributed by atoms with Crippen molar-refractivity contribution in [3.05, 3.63) is 70.9 Å². The van der Waals surface area contributed by atoms with Crippen molar-refractivity contribution in [2.24, 2.45) is 0 Å². The predicted octanol–water partition coefficient (Wildman–Crippen LogP) is 5.36. The van der Waals surface area contributed by atoms with Crippen LogP contribution in [0.1, 0.15) is 58.2 Å². The minimum atomic E-state index is -0.581. The first-order valence-corrected chi connectivity index (χ1v) is 10.6. The summed E-state index contributed by atoms with van der Waals surface area (Å²) >= 11 is 0. The van der Waals surface area contributed by atoms with Crippen molar-refractivity contribution in [1.29, 1.82) is 0 Å². The SMILES string of the molecule is CCOC(=O)C1=C(CC)NC(=O)NC1c1ccc(Oc2ccc(C(C)(C)C)cc2)cc1. The second-order valence-electron chi connectivity index (χ2n) is 8.44. The Morgan fingerprint density at radius 2 is 1.55 bits per heavy atom. The number of amides is 2. The third-order valence-corrected chi connectivity index (χ3v) is 5.17. The third kappa shape index (κ3) is 5.26. The maximum absolute atomic E-state index is 12.6. The maximum atomic E-state index is 12.6. The lowest BCUT2D eigenvalue weighted by molar-refractivity contribution is -0.139. The van der Waals surface area contributed by atoms with Gasteiger partial charge in [0.1, 0.15) is 11.5 Å². The Hall–Kier alpha value is -3.28. The number of hydrogen-bond donors (Lipinski definition) is 2. The number of allylic oxidation sites excluding steroid dienone is 1. The van der Waals surface area contributed by atoms with Gasteiger partial charge in [0.2, 0.25) is 0 Å². The number of carbonyl (C=O) groups is 2. The van der Waals surface area contributed by atoms with Gasteiger partial charge in [-0.2, -0.15) is 0 Å². The molecular weight excluding hydrogens is 392 g/mol. The molecule has 2 N–H and O–H groups in total. The Bertz CT molecular complexity index is 970. The van der Waals surface area contributed by atoms with Crippen molar-refractivity contribution in [3.63, 3.8) is 0 Å². The normalized spacial score (nSPS) is 16.4. The Morgan fingerprint density at radius 1 is 0.968 bits per heavy atom. The second kappa shape index (κ2) is 9.25. The van der Waals surface area contributed by atoms with E-state index in [-0.39, 0.29) is 18.1 Å². The molecule has 6 nitrogen and oxygen atoms in total. The molecule has 31 heavy (non-hydrogen) atoms. The van der Waals surface area contributed by atoms with E-state index in [1.807, 2.05) is 43.3 Å². The van der Waals surface area contributed by atoms with E-state index in [2.05, 4.69) is 43.5 Å². The molecule has 2 aromatic carbocycles. The van der Waals surface area contributed by atoms with E-state index in [0.29, 0.717) is 23.4 Å². The fourth-order valence-corrected chi connectivity index (χ4v) is 3.48. The zero-order chi connectivity index (χ0) is 22.6. The summed E-state index contributed by atoms with van der Waals surface area (Å²) in [5, 5.41) is 5.54. The number of ether oxygens (including phenoxy) is 2. The summed E-state index contributed by atoms with van der Waals surface area (Å²) in [4.78, 5) is 24.7. The zero-order valence-corrected chi connectivity index (χ0v) is 18.7. The predicted molar refractivity (Wildman–Crippen MR) is 120 cm³/mol. The molecule has 1 heterocycles. The first kappa shape index (κ1) is 22.4. The summed E-state index contributed by atoms with van der Waals surface area (Å²) in [6.07, 6.45) is 0.518.